The molecular weight excluding hydrogens is 313 g/mol. The molecular formula is C13H14FN3O4S. The first-order valence-corrected chi connectivity index (χ1v) is 8.30. The van der Waals surface area contributed by atoms with Gasteiger partial charge in [-0.25, -0.2) is 17.6 Å². The van der Waals surface area contributed by atoms with Gasteiger partial charge in [0.2, 0.25) is 15.9 Å². The number of carbonyl (C=O) groups excluding carboxylic acids is 2. The van der Waals surface area contributed by atoms with Crippen LogP contribution in [0.2, 0.25) is 0 Å². The van der Waals surface area contributed by atoms with Gasteiger partial charge in [0, 0.05) is 13.1 Å². The topological polar surface area (TPSA) is 86.8 Å². The molecule has 7 nitrogen and oxygen atoms in total. The Hall–Kier alpha value is -2.00. The van der Waals surface area contributed by atoms with Crippen LogP contribution in [0.5, 0.6) is 0 Å². The van der Waals surface area contributed by atoms with Gasteiger partial charge in [-0.2, -0.15) is 4.31 Å². The molecule has 0 unspecified atom stereocenters. The van der Waals surface area contributed by atoms with Crippen LogP contribution in [0.4, 0.5) is 9.18 Å². The third-order valence-electron chi connectivity index (χ3n) is 3.70. The SMILES string of the molecule is O=C1CNC(=O)N1C1CN(S(=O)(=O)Cc2cccc(F)c2)C1. The lowest BCUT2D eigenvalue weighted by Gasteiger charge is -2.41. The zero-order valence-corrected chi connectivity index (χ0v) is 12.3. The van der Waals surface area contributed by atoms with Crippen LogP contribution < -0.4 is 5.32 Å². The number of sulfonamides is 1. The van der Waals surface area contributed by atoms with E-state index in [1.54, 1.807) is 0 Å². The van der Waals surface area contributed by atoms with Crippen molar-refractivity contribution in [3.63, 3.8) is 0 Å². The maximum atomic E-state index is 13.1. The molecule has 0 radical (unpaired) electrons. The largest absolute Gasteiger partial charge is 0.329 e. The second-order valence-corrected chi connectivity index (χ2v) is 7.25. The van der Waals surface area contributed by atoms with E-state index in [1.807, 2.05) is 0 Å². The van der Waals surface area contributed by atoms with Gasteiger partial charge in [0.1, 0.15) is 5.82 Å². The zero-order valence-electron chi connectivity index (χ0n) is 11.5. The third kappa shape index (κ3) is 2.69. The summed E-state index contributed by atoms with van der Waals surface area (Å²) in [5.41, 5.74) is 0.360. The minimum atomic E-state index is -3.59. The van der Waals surface area contributed by atoms with Crippen LogP contribution in [-0.4, -0.2) is 55.2 Å². The molecule has 9 heteroatoms. The highest BCUT2D eigenvalue weighted by Gasteiger charge is 2.45. The van der Waals surface area contributed by atoms with Crippen molar-refractivity contribution in [3.8, 4) is 0 Å². The van der Waals surface area contributed by atoms with E-state index < -0.39 is 27.9 Å². The van der Waals surface area contributed by atoms with Crippen molar-refractivity contribution in [1.29, 1.82) is 0 Å². The summed E-state index contributed by atoms with van der Waals surface area (Å²) in [4.78, 5) is 24.1. The summed E-state index contributed by atoms with van der Waals surface area (Å²) >= 11 is 0. The molecule has 1 N–H and O–H groups in total. The van der Waals surface area contributed by atoms with E-state index >= 15 is 0 Å². The third-order valence-corrected chi connectivity index (χ3v) is 5.49. The van der Waals surface area contributed by atoms with Crippen molar-refractivity contribution in [2.75, 3.05) is 19.6 Å². The lowest BCUT2D eigenvalue weighted by atomic mass is 10.1. The highest BCUT2D eigenvalue weighted by molar-refractivity contribution is 7.88. The van der Waals surface area contributed by atoms with Crippen molar-refractivity contribution in [2.45, 2.75) is 11.8 Å². The Labute approximate surface area is 126 Å². The van der Waals surface area contributed by atoms with E-state index in [2.05, 4.69) is 5.32 Å². The second kappa shape index (κ2) is 5.33. The number of hydrogen-bond donors (Lipinski definition) is 1. The van der Waals surface area contributed by atoms with Crippen molar-refractivity contribution in [2.24, 2.45) is 0 Å². The fourth-order valence-corrected chi connectivity index (χ4v) is 4.12. The molecule has 1 aromatic rings. The molecule has 3 rings (SSSR count). The van der Waals surface area contributed by atoms with E-state index in [4.69, 9.17) is 0 Å². The van der Waals surface area contributed by atoms with Crippen LogP contribution in [0.1, 0.15) is 5.56 Å². The fourth-order valence-electron chi connectivity index (χ4n) is 2.54. The average Bonchev–Trinajstić information content (AvgIpc) is 2.68. The number of hydrogen-bond acceptors (Lipinski definition) is 4. The maximum absolute atomic E-state index is 13.1. The molecule has 2 saturated heterocycles. The number of nitrogens with zero attached hydrogens (tertiary/aromatic N) is 2. The van der Waals surface area contributed by atoms with Gasteiger partial charge in [-0.15, -0.1) is 0 Å². The predicted octanol–water partition coefficient (Wildman–Crippen LogP) is -0.108. The number of imide groups is 1. The molecule has 0 bridgehead atoms. The van der Waals surface area contributed by atoms with Crippen LogP contribution >= 0.6 is 0 Å². The number of benzene rings is 1. The molecule has 3 amide bonds. The Morgan fingerprint density at radius 2 is 2.00 bits per heavy atom. The quantitative estimate of drug-likeness (QED) is 0.782. The van der Waals surface area contributed by atoms with Gasteiger partial charge in [-0.3, -0.25) is 9.69 Å². The van der Waals surface area contributed by atoms with E-state index in [-0.39, 0.29) is 31.3 Å². The number of halogens is 1. The normalized spacial score (nSPS) is 20.1. The number of rotatable bonds is 4. The molecule has 0 spiro atoms. The Kier molecular flexibility index (Phi) is 3.61. The number of nitrogens with one attached hydrogen (secondary N) is 1. The predicted molar refractivity (Wildman–Crippen MR) is 74.6 cm³/mol. The Morgan fingerprint density at radius 1 is 1.27 bits per heavy atom. The summed E-state index contributed by atoms with van der Waals surface area (Å²) in [5, 5.41) is 2.40. The molecule has 22 heavy (non-hydrogen) atoms. The van der Waals surface area contributed by atoms with Crippen LogP contribution in [0.3, 0.4) is 0 Å². The summed E-state index contributed by atoms with van der Waals surface area (Å²) < 4.78 is 38.7. The van der Waals surface area contributed by atoms with Crippen molar-refractivity contribution in [1.82, 2.24) is 14.5 Å². The molecule has 0 saturated carbocycles. The van der Waals surface area contributed by atoms with Crippen molar-refractivity contribution < 1.29 is 22.4 Å². The summed E-state index contributed by atoms with van der Waals surface area (Å²) in [5.74, 6) is -1.15. The summed E-state index contributed by atoms with van der Waals surface area (Å²) in [6, 6.07) is 4.48. The van der Waals surface area contributed by atoms with Crippen molar-refractivity contribution in [3.05, 3.63) is 35.6 Å². The van der Waals surface area contributed by atoms with Gasteiger partial charge in [-0.05, 0) is 17.7 Å². The highest BCUT2D eigenvalue weighted by Crippen LogP contribution is 2.23. The molecule has 0 atom stereocenters. The van der Waals surface area contributed by atoms with Gasteiger partial charge in [-0.1, -0.05) is 12.1 Å². The van der Waals surface area contributed by atoms with Gasteiger partial charge in [0.15, 0.2) is 0 Å². The van der Waals surface area contributed by atoms with E-state index in [0.29, 0.717) is 5.56 Å². The minimum Gasteiger partial charge on any atom is -0.329 e. The minimum absolute atomic E-state index is 0.0502. The smallest absolute Gasteiger partial charge is 0.324 e. The lowest BCUT2D eigenvalue weighted by molar-refractivity contribution is -0.128. The lowest BCUT2D eigenvalue weighted by Crippen LogP contribution is -2.62. The Balaban J connectivity index is 1.64. The molecule has 2 heterocycles. The van der Waals surface area contributed by atoms with Crippen LogP contribution in [-0.2, 0) is 20.6 Å². The Bertz CT molecular complexity index is 715. The zero-order chi connectivity index (χ0) is 15.9. The number of urea groups is 1. The second-order valence-electron chi connectivity index (χ2n) is 5.28. The fraction of sp³-hybridized carbons (Fsp3) is 0.385. The van der Waals surface area contributed by atoms with Gasteiger partial charge in [0.25, 0.3) is 0 Å². The van der Waals surface area contributed by atoms with Gasteiger partial charge >= 0.3 is 6.03 Å². The standard InChI is InChI=1S/C13H14FN3O4S/c14-10-3-1-2-9(4-10)8-22(20,21)16-6-11(7-16)17-12(18)5-15-13(17)19/h1-4,11H,5-8H2,(H,15,19). The molecule has 1 aromatic carbocycles. The molecule has 0 aromatic heterocycles. The average molecular weight is 327 g/mol. The summed E-state index contributed by atoms with van der Waals surface area (Å²) in [6.07, 6.45) is 0. The molecule has 2 aliphatic rings. The summed E-state index contributed by atoms with van der Waals surface area (Å²) in [7, 11) is -3.59. The number of carbonyl (C=O) groups is 2. The van der Waals surface area contributed by atoms with E-state index in [0.717, 1.165) is 4.90 Å². The van der Waals surface area contributed by atoms with E-state index in [9.17, 15) is 22.4 Å². The maximum Gasteiger partial charge on any atom is 0.324 e. The monoisotopic (exact) mass is 327 g/mol. The highest BCUT2D eigenvalue weighted by atomic mass is 32.2. The van der Waals surface area contributed by atoms with Crippen molar-refractivity contribution >= 4 is 22.0 Å². The first-order valence-electron chi connectivity index (χ1n) is 6.69. The number of amides is 3. The van der Waals surface area contributed by atoms with E-state index in [1.165, 1.54) is 28.6 Å². The van der Waals surface area contributed by atoms with Crippen LogP contribution in [0.25, 0.3) is 0 Å². The molecule has 2 fully saturated rings. The molecule has 0 aliphatic carbocycles. The molecule has 118 valence electrons. The molecule has 2 aliphatic heterocycles. The van der Waals surface area contributed by atoms with Gasteiger partial charge < -0.3 is 5.32 Å². The first kappa shape index (κ1) is 14.9. The first-order chi connectivity index (χ1) is 10.4. The Morgan fingerprint density at radius 3 is 2.59 bits per heavy atom. The van der Waals surface area contributed by atoms with Crippen LogP contribution in [0, 0.1) is 5.82 Å². The van der Waals surface area contributed by atoms with Crippen LogP contribution in [0.15, 0.2) is 24.3 Å². The summed E-state index contributed by atoms with van der Waals surface area (Å²) in [6.45, 7) is 0.110. The van der Waals surface area contributed by atoms with Gasteiger partial charge in [0.05, 0.1) is 18.3 Å².